The molecule has 0 aliphatic carbocycles. The molecule has 1 aromatic carbocycles. The van der Waals surface area contributed by atoms with Gasteiger partial charge in [0.05, 0.1) is 6.10 Å². The third-order valence-electron chi connectivity index (χ3n) is 5.15. The van der Waals surface area contributed by atoms with Crippen molar-refractivity contribution in [2.45, 2.75) is 51.8 Å². The number of hydrogen-bond donors (Lipinski definition) is 0. The molecule has 0 N–H and O–H groups in total. The standard InChI is InChI=1S/C23H32N4O2S/c1-7-17(14-23(2,3)4)29-18-10-8-9-16(13-18)27-12-11-26(5)20-19(21(27)28)15-24-22(25-20)30-6/h8-10,13,15,17H,7,11-12,14H2,1-6H3. The van der Waals surface area contributed by atoms with E-state index in [1.807, 2.05) is 42.5 Å². The van der Waals surface area contributed by atoms with E-state index in [0.29, 0.717) is 29.6 Å². The van der Waals surface area contributed by atoms with Gasteiger partial charge in [0, 0.05) is 38.1 Å². The number of rotatable bonds is 6. The first-order valence-electron chi connectivity index (χ1n) is 10.4. The molecular weight excluding hydrogens is 396 g/mol. The minimum atomic E-state index is -0.0825. The lowest BCUT2D eigenvalue weighted by Crippen LogP contribution is -2.33. The van der Waals surface area contributed by atoms with Crippen molar-refractivity contribution in [3.63, 3.8) is 0 Å². The SMILES string of the molecule is CCC(CC(C)(C)C)Oc1cccc(N2CCN(C)c3nc(SC)ncc3C2=O)c1. The van der Waals surface area contributed by atoms with Crippen molar-refractivity contribution in [2.75, 3.05) is 36.2 Å². The highest BCUT2D eigenvalue weighted by Crippen LogP contribution is 2.30. The van der Waals surface area contributed by atoms with Gasteiger partial charge in [-0.25, -0.2) is 9.97 Å². The van der Waals surface area contributed by atoms with Crippen LogP contribution in [-0.2, 0) is 0 Å². The number of benzene rings is 1. The molecule has 3 rings (SSSR count). The van der Waals surface area contributed by atoms with Crippen molar-refractivity contribution >= 4 is 29.2 Å². The van der Waals surface area contributed by atoms with Crippen LogP contribution in [0.2, 0.25) is 0 Å². The smallest absolute Gasteiger partial charge is 0.263 e. The topological polar surface area (TPSA) is 58.6 Å². The first kappa shape index (κ1) is 22.4. The van der Waals surface area contributed by atoms with Gasteiger partial charge >= 0.3 is 0 Å². The molecule has 6 nitrogen and oxygen atoms in total. The minimum absolute atomic E-state index is 0.0825. The van der Waals surface area contributed by atoms with Gasteiger partial charge in [-0.15, -0.1) is 0 Å². The number of carbonyl (C=O) groups excluding carboxylic acids is 1. The lowest BCUT2D eigenvalue weighted by atomic mass is 9.88. The van der Waals surface area contributed by atoms with Crippen molar-refractivity contribution in [1.29, 1.82) is 0 Å². The summed E-state index contributed by atoms with van der Waals surface area (Å²) in [5.41, 5.74) is 1.56. The van der Waals surface area contributed by atoms with E-state index >= 15 is 0 Å². The molecule has 0 spiro atoms. The number of nitrogens with zero attached hydrogens (tertiary/aromatic N) is 4. The zero-order valence-corrected chi connectivity index (χ0v) is 19.6. The van der Waals surface area contributed by atoms with Crippen LogP contribution in [-0.4, -0.2) is 48.4 Å². The summed E-state index contributed by atoms with van der Waals surface area (Å²) in [4.78, 5) is 26.0. The third-order valence-corrected chi connectivity index (χ3v) is 5.71. The molecule has 7 heteroatoms. The predicted molar refractivity (Wildman–Crippen MR) is 124 cm³/mol. The molecule has 0 fully saturated rings. The normalized spacial score (nSPS) is 15.6. The summed E-state index contributed by atoms with van der Waals surface area (Å²) in [6.07, 6.45) is 5.63. The number of ether oxygens (including phenoxy) is 1. The molecular formula is C23H32N4O2S. The van der Waals surface area contributed by atoms with E-state index in [9.17, 15) is 4.79 Å². The van der Waals surface area contributed by atoms with E-state index < -0.39 is 0 Å². The zero-order valence-electron chi connectivity index (χ0n) is 18.8. The molecule has 0 saturated heterocycles. The van der Waals surface area contributed by atoms with Gasteiger partial charge in [0.1, 0.15) is 17.1 Å². The quantitative estimate of drug-likeness (QED) is 0.482. The van der Waals surface area contributed by atoms with Crippen molar-refractivity contribution in [2.24, 2.45) is 5.41 Å². The van der Waals surface area contributed by atoms with Crippen LogP contribution in [0.3, 0.4) is 0 Å². The van der Waals surface area contributed by atoms with Crippen LogP contribution in [0, 0.1) is 5.41 Å². The van der Waals surface area contributed by atoms with Crippen molar-refractivity contribution < 1.29 is 9.53 Å². The van der Waals surface area contributed by atoms with Crippen LogP contribution >= 0.6 is 11.8 Å². The van der Waals surface area contributed by atoms with Gasteiger partial charge in [-0.05, 0) is 36.6 Å². The third kappa shape index (κ3) is 5.25. The van der Waals surface area contributed by atoms with E-state index in [4.69, 9.17) is 4.74 Å². The summed E-state index contributed by atoms with van der Waals surface area (Å²) in [7, 11) is 1.96. The van der Waals surface area contributed by atoms with Crippen LogP contribution < -0.4 is 14.5 Å². The molecule has 1 aliphatic heterocycles. The van der Waals surface area contributed by atoms with E-state index in [2.05, 4.69) is 37.7 Å². The predicted octanol–water partition coefficient (Wildman–Crippen LogP) is 4.89. The van der Waals surface area contributed by atoms with E-state index in [1.165, 1.54) is 11.8 Å². The second kappa shape index (κ2) is 9.25. The molecule has 1 atom stereocenters. The number of aromatic nitrogens is 2. The summed E-state index contributed by atoms with van der Waals surface area (Å²) in [5, 5.41) is 0.668. The highest BCUT2D eigenvalue weighted by Gasteiger charge is 2.28. The summed E-state index contributed by atoms with van der Waals surface area (Å²) in [6, 6.07) is 7.83. The van der Waals surface area contributed by atoms with Gasteiger partial charge in [-0.3, -0.25) is 4.79 Å². The van der Waals surface area contributed by atoms with Crippen LogP contribution in [0.25, 0.3) is 0 Å². The van der Waals surface area contributed by atoms with Gasteiger partial charge < -0.3 is 14.5 Å². The van der Waals surface area contributed by atoms with Gasteiger partial charge in [0.15, 0.2) is 5.16 Å². The molecule has 0 radical (unpaired) electrons. The van der Waals surface area contributed by atoms with Crippen LogP contribution in [0.1, 0.15) is 50.9 Å². The molecule has 0 saturated carbocycles. The molecule has 1 aliphatic rings. The molecule has 2 heterocycles. The monoisotopic (exact) mass is 428 g/mol. The zero-order chi connectivity index (χ0) is 21.9. The van der Waals surface area contributed by atoms with Gasteiger partial charge in [0.2, 0.25) is 0 Å². The Hall–Kier alpha value is -2.28. The Balaban J connectivity index is 1.86. The Kier molecular flexibility index (Phi) is 6.91. The number of fused-ring (bicyclic) bond motifs is 1. The first-order chi connectivity index (χ1) is 14.2. The minimum Gasteiger partial charge on any atom is -0.490 e. The maximum atomic E-state index is 13.3. The summed E-state index contributed by atoms with van der Waals surface area (Å²) in [6.45, 7) is 10.1. The highest BCUT2D eigenvalue weighted by molar-refractivity contribution is 7.98. The Morgan fingerprint density at radius 1 is 1.27 bits per heavy atom. The first-order valence-corrected chi connectivity index (χ1v) is 11.6. The Morgan fingerprint density at radius 2 is 2.03 bits per heavy atom. The average molecular weight is 429 g/mol. The molecule has 30 heavy (non-hydrogen) atoms. The van der Waals surface area contributed by atoms with E-state index in [-0.39, 0.29) is 17.4 Å². The second-order valence-corrected chi connectivity index (χ2v) is 9.66. The van der Waals surface area contributed by atoms with Crippen LogP contribution in [0.4, 0.5) is 11.5 Å². The summed E-state index contributed by atoms with van der Waals surface area (Å²) < 4.78 is 6.28. The largest absolute Gasteiger partial charge is 0.490 e. The van der Waals surface area contributed by atoms with E-state index in [1.54, 1.807) is 11.1 Å². The molecule has 2 aromatic rings. The summed E-state index contributed by atoms with van der Waals surface area (Å²) in [5.74, 6) is 1.40. The molecule has 1 aromatic heterocycles. The number of amides is 1. The lowest BCUT2D eigenvalue weighted by molar-refractivity contribution is 0.0989. The van der Waals surface area contributed by atoms with Crippen LogP contribution in [0.5, 0.6) is 5.75 Å². The fourth-order valence-corrected chi connectivity index (χ4v) is 3.95. The maximum absolute atomic E-state index is 13.3. The number of anilines is 2. The average Bonchev–Trinajstić information content (AvgIpc) is 2.83. The number of carbonyl (C=O) groups is 1. The molecule has 162 valence electrons. The fourth-order valence-electron chi connectivity index (χ4n) is 3.62. The van der Waals surface area contributed by atoms with E-state index in [0.717, 1.165) is 24.3 Å². The molecule has 1 unspecified atom stereocenters. The van der Waals surface area contributed by atoms with Crippen molar-refractivity contribution in [3.8, 4) is 5.75 Å². The molecule has 0 bridgehead atoms. The highest BCUT2D eigenvalue weighted by atomic mass is 32.2. The number of thioether (sulfide) groups is 1. The Labute approximate surface area is 184 Å². The van der Waals surface area contributed by atoms with Crippen molar-refractivity contribution in [3.05, 3.63) is 36.0 Å². The number of likely N-dealkylation sites (N-methyl/N-ethyl adjacent to an activating group) is 1. The second-order valence-electron chi connectivity index (χ2n) is 8.88. The maximum Gasteiger partial charge on any atom is 0.263 e. The van der Waals surface area contributed by atoms with Crippen molar-refractivity contribution in [1.82, 2.24) is 9.97 Å². The fraction of sp³-hybridized carbons (Fsp3) is 0.522. The summed E-state index contributed by atoms with van der Waals surface area (Å²) >= 11 is 1.47. The lowest BCUT2D eigenvalue weighted by Gasteiger charge is -2.27. The van der Waals surface area contributed by atoms with Gasteiger partial charge in [0.25, 0.3) is 5.91 Å². The van der Waals surface area contributed by atoms with Gasteiger partial charge in [-0.2, -0.15) is 0 Å². The van der Waals surface area contributed by atoms with Crippen LogP contribution in [0.15, 0.2) is 35.6 Å². The van der Waals surface area contributed by atoms with Gasteiger partial charge in [-0.1, -0.05) is 45.5 Å². The Bertz CT molecular complexity index is 897. The Morgan fingerprint density at radius 3 is 2.70 bits per heavy atom. The molecule has 1 amide bonds. The number of hydrogen-bond acceptors (Lipinski definition) is 6.